The van der Waals surface area contributed by atoms with Crippen LogP contribution in [0, 0.1) is 11.6 Å². The summed E-state index contributed by atoms with van der Waals surface area (Å²) in [4.78, 5) is 116. The van der Waals surface area contributed by atoms with Gasteiger partial charge in [-0.15, -0.1) is 10.2 Å². The van der Waals surface area contributed by atoms with Crippen LogP contribution in [0.15, 0.2) is 158 Å². The fourth-order valence-electron chi connectivity index (χ4n) is 12.3. The molecule has 0 fully saturated rings. The van der Waals surface area contributed by atoms with Gasteiger partial charge in [0, 0.05) is 93.1 Å². The average Bonchev–Trinajstić information content (AvgIpc) is 1.41. The van der Waals surface area contributed by atoms with Gasteiger partial charge in [-0.1, -0.05) is 89.9 Å². The molecule has 0 aliphatic carbocycles. The molecule has 4 amide bonds. The summed E-state index contributed by atoms with van der Waals surface area (Å²) in [7, 11) is 12.7. The molecule has 7 aromatic carbocycles. The number of hydrogen-bond donors (Lipinski definition) is 2. The fraction of sp³-hybridized carbons (Fsp3) is 0.273. The number of carbonyl (C=O) groups excluding carboxylic acids is 8. The predicted octanol–water partition coefficient (Wildman–Crippen LogP) is 8.57. The number of benzene rings is 7. The van der Waals surface area contributed by atoms with Crippen LogP contribution in [0.25, 0.3) is 34.7 Å². The van der Waals surface area contributed by atoms with E-state index in [1.165, 1.54) is 87.5 Å². The lowest BCUT2D eigenvalue weighted by molar-refractivity contribution is -0.136. The highest BCUT2D eigenvalue weighted by Gasteiger charge is 2.39. The van der Waals surface area contributed by atoms with Crippen LogP contribution in [-0.4, -0.2) is 214 Å². The van der Waals surface area contributed by atoms with E-state index >= 15 is 8.78 Å². The van der Waals surface area contributed by atoms with Gasteiger partial charge in [0.15, 0.2) is 23.2 Å². The smallest absolute Gasteiger partial charge is 0.338 e. The molecule has 0 saturated carbocycles. The van der Waals surface area contributed by atoms with Gasteiger partial charge < -0.3 is 44.6 Å². The summed E-state index contributed by atoms with van der Waals surface area (Å²) in [5, 5.41) is 27.7. The van der Waals surface area contributed by atoms with Gasteiger partial charge in [-0.05, 0) is 199 Å². The number of ketones is 2. The normalized spacial score (nSPS) is 14.0. The van der Waals surface area contributed by atoms with Gasteiger partial charge in [0.25, 0.3) is 11.8 Å². The molecule has 0 unspecified atom stereocenters. The molecule has 0 bridgehead atoms. The number of tetrazole rings is 2. The molecule has 11 rings (SSSR count). The largest absolute Gasteiger partial charge is 0.465 e. The maximum Gasteiger partial charge on any atom is 0.338 e. The second kappa shape index (κ2) is 35.9. The molecule has 2 aromatic heterocycles. The van der Waals surface area contributed by atoms with Crippen LogP contribution in [0.1, 0.15) is 98.0 Å². The van der Waals surface area contributed by atoms with E-state index in [4.69, 9.17) is 32.7 Å². The van der Waals surface area contributed by atoms with Crippen molar-refractivity contribution in [2.75, 3.05) is 102 Å². The van der Waals surface area contributed by atoms with Crippen LogP contribution in [0.3, 0.4) is 0 Å². The third kappa shape index (κ3) is 18.9. The maximum absolute atomic E-state index is 15.4. The van der Waals surface area contributed by atoms with Crippen LogP contribution in [-0.2, 0) is 54.3 Å². The quantitative estimate of drug-likeness (QED) is 0.0379. The Hall–Kier alpha value is -11.4. The maximum atomic E-state index is 15.4. The topological polar surface area (TPSA) is 282 Å². The number of halogens is 4. The monoisotopic (exact) mass is 1480 g/mol. The summed E-state index contributed by atoms with van der Waals surface area (Å²) in [5.74, 6) is -4.58. The Labute approximate surface area is 620 Å². The zero-order valence-corrected chi connectivity index (χ0v) is 60.7. The number of esters is 2. The zero-order chi connectivity index (χ0) is 75.7. The van der Waals surface area contributed by atoms with Crippen molar-refractivity contribution in [2.45, 2.75) is 37.8 Å². The van der Waals surface area contributed by atoms with Crippen molar-refractivity contribution in [1.82, 2.24) is 75.5 Å². The number of methoxy groups -OCH3 is 1. The Bertz CT molecular complexity index is 4750. The highest BCUT2D eigenvalue weighted by Crippen LogP contribution is 2.39. The number of nitrogens with one attached hydrogen (secondary N) is 2. The molecular weight excluding hydrogens is 1400 g/mol. The van der Waals surface area contributed by atoms with E-state index in [-0.39, 0.29) is 88.5 Å². The van der Waals surface area contributed by atoms with Crippen LogP contribution in [0.4, 0.5) is 8.78 Å². The van der Waals surface area contributed by atoms with Gasteiger partial charge >= 0.3 is 11.9 Å². The number of rotatable bonds is 26. The Kier molecular flexibility index (Phi) is 26.2. The second-order valence-electron chi connectivity index (χ2n) is 25.7. The Morgan fingerprint density at radius 2 is 0.991 bits per heavy atom. The second-order valence-corrected chi connectivity index (χ2v) is 26.5. The molecule has 0 radical (unpaired) electrons. The number of nitrogens with zero attached hydrogens (tertiary/aromatic N) is 13. The SMILES string of the molecule is CN(C)CCNC(=O)c1ccc(-c2cccc3c2CCN(C(=O)/C=C/c2c(-n4cnnn4)ccc(Cl)c2F)[C@H]3C(=O)Cc2ccc(C(=O)OCCN(C)C)cc2)cc1.COC(=O)c1ccc(CC(=O)[C@H]2c3cccc(C(=O)NCCN(C)C)c3CCN2C(=O)/C=C/c2c(-n3cnnn3)ccc(Cl)c2F)cc1. The number of Topliss-reactive ketones (excluding diaryl/α,β-unsaturated/α-hetero) is 2. The standard InChI is InChI=1S/C43H44ClFN8O5.C34H33ClFN7O5/c1-50(2)23-21-46-42(56)30-14-12-29(13-15-30)32-6-5-7-34-33(32)20-22-52(39(55)19-16-35-37(53-27-47-48-49-53)18-17-36(44)40(35)45)41(34)38(54)26-28-8-10-31(11-9-28)43(57)58-25-24-51(3)4;1-41(2)18-16-37-33(46)25-6-4-5-24-23(25)15-17-42(32(24)29(44)19-21-7-9-22(10-8-21)34(47)48-3)30(45)14-11-26-28(43-20-38-39-40-43)13-12-27(35)31(26)36/h5-19,27,41H,20-26H2,1-4H3,(H,46,56);4-14,20,32H,15-19H2,1-3H3,(H,37,46)/b19-16+;14-11+/t41-;32-/m11/s1. The first kappa shape index (κ1) is 77.3. The summed E-state index contributed by atoms with van der Waals surface area (Å²) in [6, 6.07) is 34.9. The molecule has 548 valence electrons. The first-order chi connectivity index (χ1) is 51.0. The van der Waals surface area contributed by atoms with E-state index in [0.29, 0.717) is 95.6 Å². The van der Waals surface area contributed by atoms with Gasteiger partial charge in [-0.25, -0.2) is 18.4 Å². The molecule has 0 spiro atoms. The van der Waals surface area contributed by atoms with Gasteiger partial charge in [0.1, 0.15) is 31.3 Å². The summed E-state index contributed by atoms with van der Waals surface area (Å²) < 4.78 is 43.3. The van der Waals surface area contributed by atoms with Crippen molar-refractivity contribution in [3.8, 4) is 22.5 Å². The van der Waals surface area contributed by atoms with Crippen molar-refractivity contribution in [3.05, 3.63) is 247 Å². The molecule has 106 heavy (non-hydrogen) atoms. The number of hydrogen-bond acceptors (Lipinski definition) is 19. The summed E-state index contributed by atoms with van der Waals surface area (Å²) >= 11 is 12.2. The first-order valence-electron chi connectivity index (χ1n) is 33.7. The molecule has 2 atom stereocenters. The average molecular weight is 1480 g/mol. The number of likely N-dealkylation sites (N-methyl/N-ethyl adjacent to an activating group) is 3. The van der Waals surface area contributed by atoms with Crippen molar-refractivity contribution in [1.29, 1.82) is 0 Å². The van der Waals surface area contributed by atoms with Crippen molar-refractivity contribution >= 4 is 82.5 Å². The molecule has 9 aromatic rings. The first-order valence-corrected chi connectivity index (χ1v) is 34.5. The number of aromatic nitrogens is 8. The fourth-order valence-corrected chi connectivity index (χ4v) is 12.6. The van der Waals surface area contributed by atoms with E-state index in [1.54, 1.807) is 78.9 Å². The molecule has 2 aliphatic heterocycles. The number of carbonyl (C=O) groups is 8. The Morgan fingerprint density at radius 3 is 1.46 bits per heavy atom. The lowest BCUT2D eigenvalue weighted by Crippen LogP contribution is -2.44. The third-order valence-corrected chi connectivity index (χ3v) is 18.3. The molecular formula is C77H77Cl2F2N15O10. The van der Waals surface area contributed by atoms with E-state index in [9.17, 15) is 38.4 Å². The Morgan fingerprint density at radius 1 is 0.538 bits per heavy atom. The number of ether oxygens (including phenoxy) is 2. The summed E-state index contributed by atoms with van der Waals surface area (Å²) in [6.45, 7) is 3.44. The number of amides is 4. The van der Waals surface area contributed by atoms with Gasteiger partial charge in [0.05, 0.1) is 39.7 Å². The van der Waals surface area contributed by atoms with Gasteiger partial charge in [-0.2, -0.15) is 9.36 Å². The molecule has 29 heteroatoms. The molecule has 2 aliphatic rings. The third-order valence-electron chi connectivity index (χ3n) is 17.7. The van der Waals surface area contributed by atoms with Crippen molar-refractivity contribution in [2.24, 2.45) is 0 Å². The van der Waals surface area contributed by atoms with E-state index in [0.717, 1.165) is 16.7 Å². The minimum atomic E-state index is -1.05. The minimum Gasteiger partial charge on any atom is -0.465 e. The van der Waals surface area contributed by atoms with Gasteiger partial charge in [0.2, 0.25) is 11.8 Å². The van der Waals surface area contributed by atoms with Crippen LogP contribution in [0.5, 0.6) is 0 Å². The Balaban J connectivity index is 0.000000231. The van der Waals surface area contributed by atoms with Gasteiger partial charge in [-0.3, -0.25) is 28.8 Å². The molecule has 25 nitrogen and oxygen atoms in total. The summed E-state index contributed by atoms with van der Waals surface area (Å²) in [5.41, 5.74) is 7.89. The van der Waals surface area contributed by atoms with Crippen LogP contribution >= 0.6 is 23.2 Å². The molecule has 4 heterocycles. The van der Waals surface area contributed by atoms with Crippen molar-refractivity contribution in [3.63, 3.8) is 0 Å². The number of fused-ring (bicyclic) bond motifs is 2. The predicted molar refractivity (Wildman–Crippen MR) is 393 cm³/mol. The van der Waals surface area contributed by atoms with E-state index in [1.807, 2.05) is 87.3 Å². The highest BCUT2D eigenvalue weighted by atomic mass is 35.5. The van der Waals surface area contributed by atoms with E-state index < -0.39 is 47.5 Å². The molecule has 2 N–H and O–H groups in total. The highest BCUT2D eigenvalue weighted by molar-refractivity contribution is 6.31. The lowest BCUT2D eigenvalue weighted by Gasteiger charge is -2.37. The van der Waals surface area contributed by atoms with Crippen LogP contribution in [0.2, 0.25) is 10.0 Å². The van der Waals surface area contributed by atoms with Crippen molar-refractivity contribution < 1.29 is 56.6 Å². The molecule has 0 saturated heterocycles. The lowest BCUT2D eigenvalue weighted by atomic mass is 9.83. The minimum absolute atomic E-state index is 0.00844. The van der Waals surface area contributed by atoms with E-state index in [2.05, 4.69) is 41.7 Å². The van der Waals surface area contributed by atoms with Crippen LogP contribution < -0.4 is 10.6 Å². The zero-order valence-electron chi connectivity index (χ0n) is 59.2. The summed E-state index contributed by atoms with van der Waals surface area (Å²) in [6.07, 6.45) is 8.19.